The van der Waals surface area contributed by atoms with Crippen molar-refractivity contribution in [2.45, 2.75) is 31.0 Å². The first-order valence-corrected chi connectivity index (χ1v) is 7.64. The van der Waals surface area contributed by atoms with Crippen LogP contribution in [-0.2, 0) is 4.79 Å². The molecule has 1 aromatic rings. The lowest BCUT2D eigenvalue weighted by molar-refractivity contribution is -0.119. The van der Waals surface area contributed by atoms with Crippen molar-refractivity contribution in [3.63, 3.8) is 0 Å². The Morgan fingerprint density at radius 3 is 2.63 bits per heavy atom. The highest BCUT2D eigenvalue weighted by molar-refractivity contribution is 7.98. The summed E-state index contributed by atoms with van der Waals surface area (Å²) in [6.07, 6.45) is 4.12. The summed E-state index contributed by atoms with van der Waals surface area (Å²) in [5.74, 6) is 1.45. The average molecular weight is 281 g/mol. The Labute approximate surface area is 117 Å². The number of hydrogen-bond acceptors (Lipinski definition) is 6. The second-order valence-electron chi connectivity index (χ2n) is 4.35. The fourth-order valence-corrected chi connectivity index (χ4v) is 1.94. The minimum atomic E-state index is 0.0109. The molecule has 0 radical (unpaired) electrons. The molecular weight excluding hydrogens is 262 g/mol. The van der Waals surface area contributed by atoms with Crippen LogP contribution >= 0.6 is 11.8 Å². The summed E-state index contributed by atoms with van der Waals surface area (Å²) in [6.45, 7) is 3.05. The van der Waals surface area contributed by atoms with Gasteiger partial charge in [-0.05, 0) is 26.0 Å². The van der Waals surface area contributed by atoms with Crippen molar-refractivity contribution < 1.29 is 4.79 Å². The summed E-state index contributed by atoms with van der Waals surface area (Å²) in [6, 6.07) is 2.20. The van der Waals surface area contributed by atoms with Gasteiger partial charge in [0.15, 0.2) is 5.16 Å². The van der Waals surface area contributed by atoms with Crippen LogP contribution in [0, 0.1) is 0 Å². The first kappa shape index (κ1) is 13.9. The molecule has 3 N–H and O–H groups in total. The Hall–Kier alpha value is -1.50. The molecule has 0 atom stereocenters. The van der Waals surface area contributed by atoms with E-state index in [1.165, 1.54) is 11.8 Å². The Balaban J connectivity index is 1.93. The van der Waals surface area contributed by atoms with Crippen molar-refractivity contribution in [2.75, 3.05) is 30.0 Å². The molecule has 1 aromatic heterocycles. The normalized spacial score (nSPS) is 14.0. The maximum Gasteiger partial charge on any atom is 0.239 e. The zero-order chi connectivity index (χ0) is 13.7. The number of carbonyl (C=O) groups is 1. The van der Waals surface area contributed by atoms with Crippen LogP contribution in [0.3, 0.4) is 0 Å². The van der Waals surface area contributed by atoms with E-state index in [1.54, 1.807) is 0 Å². The molecule has 0 bridgehead atoms. The Kier molecular flexibility index (Phi) is 4.84. The van der Waals surface area contributed by atoms with Gasteiger partial charge in [-0.3, -0.25) is 4.79 Å². The van der Waals surface area contributed by atoms with Gasteiger partial charge in [-0.1, -0.05) is 11.8 Å². The van der Waals surface area contributed by atoms with Gasteiger partial charge >= 0.3 is 0 Å². The first-order valence-electron chi connectivity index (χ1n) is 6.41. The van der Waals surface area contributed by atoms with Gasteiger partial charge in [-0.15, -0.1) is 0 Å². The Morgan fingerprint density at radius 1 is 1.37 bits per heavy atom. The van der Waals surface area contributed by atoms with Crippen LogP contribution in [0.1, 0.15) is 19.8 Å². The van der Waals surface area contributed by atoms with E-state index in [-0.39, 0.29) is 12.5 Å². The highest BCUT2D eigenvalue weighted by Gasteiger charge is 2.22. The molecule has 1 aliphatic carbocycles. The fourth-order valence-electron chi connectivity index (χ4n) is 1.56. The molecule has 19 heavy (non-hydrogen) atoms. The van der Waals surface area contributed by atoms with Gasteiger partial charge in [-0.25, -0.2) is 9.97 Å². The van der Waals surface area contributed by atoms with Crippen LogP contribution in [0.25, 0.3) is 0 Å². The summed E-state index contributed by atoms with van der Waals surface area (Å²) < 4.78 is 0. The van der Waals surface area contributed by atoms with Crippen molar-refractivity contribution in [3.05, 3.63) is 6.07 Å². The minimum Gasteiger partial charge on any atom is -0.370 e. The van der Waals surface area contributed by atoms with Crippen molar-refractivity contribution in [3.8, 4) is 0 Å². The molecule has 1 saturated carbocycles. The predicted octanol–water partition coefficient (Wildman–Crippen LogP) is 1.32. The maximum atomic E-state index is 11.6. The summed E-state index contributed by atoms with van der Waals surface area (Å²) >= 11 is 1.48. The average Bonchev–Trinajstić information content (AvgIpc) is 3.20. The first-order chi connectivity index (χ1) is 9.21. The smallest absolute Gasteiger partial charge is 0.239 e. The summed E-state index contributed by atoms with van der Waals surface area (Å²) in [7, 11) is 0. The number of aromatic nitrogens is 2. The zero-order valence-corrected chi connectivity index (χ0v) is 12.0. The molecule has 7 heteroatoms. The molecule has 1 amide bonds. The highest BCUT2D eigenvalue weighted by Crippen LogP contribution is 2.19. The van der Waals surface area contributed by atoms with E-state index in [4.69, 9.17) is 0 Å². The fraction of sp³-hybridized carbons (Fsp3) is 0.583. The quantitative estimate of drug-likeness (QED) is 0.517. The van der Waals surface area contributed by atoms with Crippen LogP contribution in [0.2, 0.25) is 0 Å². The molecule has 0 aliphatic heterocycles. The molecule has 1 heterocycles. The molecule has 1 aliphatic rings. The molecule has 0 aromatic carbocycles. The number of carbonyl (C=O) groups excluding carboxylic acids is 1. The van der Waals surface area contributed by atoms with E-state index < -0.39 is 0 Å². The molecule has 6 nitrogen and oxygen atoms in total. The summed E-state index contributed by atoms with van der Waals surface area (Å²) in [5.41, 5.74) is 0. The third kappa shape index (κ3) is 4.59. The molecule has 2 rings (SSSR count). The van der Waals surface area contributed by atoms with Gasteiger partial charge in [-0.2, -0.15) is 0 Å². The van der Waals surface area contributed by atoms with Crippen LogP contribution in [0.15, 0.2) is 11.2 Å². The van der Waals surface area contributed by atoms with Crippen molar-refractivity contribution in [2.24, 2.45) is 0 Å². The topological polar surface area (TPSA) is 78.9 Å². The molecule has 0 saturated heterocycles. The largest absolute Gasteiger partial charge is 0.370 e. The number of rotatable bonds is 7. The molecule has 0 unspecified atom stereocenters. The van der Waals surface area contributed by atoms with Crippen molar-refractivity contribution >= 4 is 29.3 Å². The van der Waals surface area contributed by atoms with Crippen molar-refractivity contribution in [1.29, 1.82) is 0 Å². The number of nitrogens with zero attached hydrogens (tertiary/aromatic N) is 2. The summed E-state index contributed by atoms with van der Waals surface area (Å²) in [5, 5.41) is 9.79. The lowest BCUT2D eigenvalue weighted by atomic mass is 10.4. The van der Waals surface area contributed by atoms with E-state index >= 15 is 0 Å². The van der Waals surface area contributed by atoms with E-state index in [2.05, 4.69) is 25.9 Å². The number of thioether (sulfide) groups is 1. The van der Waals surface area contributed by atoms with Crippen LogP contribution in [0.5, 0.6) is 0 Å². The third-order valence-electron chi connectivity index (χ3n) is 2.62. The van der Waals surface area contributed by atoms with Gasteiger partial charge < -0.3 is 16.0 Å². The molecule has 0 spiro atoms. The van der Waals surface area contributed by atoms with Gasteiger partial charge in [0.25, 0.3) is 0 Å². The van der Waals surface area contributed by atoms with Gasteiger partial charge in [0.1, 0.15) is 11.6 Å². The maximum absolute atomic E-state index is 11.6. The number of amides is 1. The second kappa shape index (κ2) is 6.60. The summed E-state index contributed by atoms with van der Waals surface area (Å²) in [4.78, 5) is 20.2. The number of anilines is 2. The highest BCUT2D eigenvalue weighted by atomic mass is 32.2. The monoisotopic (exact) mass is 281 g/mol. The van der Waals surface area contributed by atoms with E-state index in [0.29, 0.717) is 17.0 Å². The molecule has 104 valence electrons. The SMILES string of the molecule is CCNc1cc(NCC(=O)NC2CC2)nc(SC)n1. The lowest BCUT2D eigenvalue weighted by Gasteiger charge is -2.09. The van der Waals surface area contributed by atoms with Crippen molar-refractivity contribution in [1.82, 2.24) is 15.3 Å². The van der Waals surface area contributed by atoms with Gasteiger partial charge in [0.05, 0.1) is 6.54 Å². The molecule has 1 fully saturated rings. The zero-order valence-electron chi connectivity index (χ0n) is 11.2. The second-order valence-corrected chi connectivity index (χ2v) is 5.12. The number of nitrogens with one attached hydrogen (secondary N) is 3. The van der Waals surface area contributed by atoms with E-state index in [1.807, 2.05) is 19.2 Å². The lowest BCUT2D eigenvalue weighted by Crippen LogP contribution is -2.31. The number of hydrogen-bond donors (Lipinski definition) is 3. The predicted molar refractivity (Wildman–Crippen MR) is 77.6 cm³/mol. The van der Waals surface area contributed by atoms with Crippen LogP contribution in [-0.4, -0.2) is 41.3 Å². The van der Waals surface area contributed by atoms with Gasteiger partial charge in [0, 0.05) is 18.7 Å². The third-order valence-corrected chi connectivity index (χ3v) is 3.17. The Morgan fingerprint density at radius 2 is 2.05 bits per heavy atom. The van der Waals surface area contributed by atoms with Crippen LogP contribution in [0.4, 0.5) is 11.6 Å². The molecular formula is C12H19N5OS. The standard InChI is InChI=1S/C12H19N5OS/c1-3-13-9-6-10(17-12(16-9)19-2)14-7-11(18)15-8-4-5-8/h6,8H,3-5,7H2,1-2H3,(H,15,18)(H2,13,14,16,17). The van der Waals surface area contributed by atoms with E-state index in [9.17, 15) is 4.79 Å². The Bertz CT molecular complexity index is 450. The van der Waals surface area contributed by atoms with Gasteiger partial charge in [0.2, 0.25) is 5.91 Å². The van der Waals surface area contributed by atoms with Crippen LogP contribution < -0.4 is 16.0 Å². The minimum absolute atomic E-state index is 0.0109. The van der Waals surface area contributed by atoms with E-state index in [0.717, 1.165) is 25.2 Å².